The van der Waals surface area contributed by atoms with Crippen molar-refractivity contribution in [3.63, 3.8) is 0 Å². The lowest BCUT2D eigenvalue weighted by Gasteiger charge is -2.09. The second-order valence-electron chi connectivity index (χ2n) is 5.01. The molecule has 0 bridgehead atoms. The summed E-state index contributed by atoms with van der Waals surface area (Å²) in [5.41, 5.74) is -0.511. The van der Waals surface area contributed by atoms with E-state index in [0.29, 0.717) is 11.6 Å². The van der Waals surface area contributed by atoms with E-state index in [1.54, 1.807) is 13.0 Å². The fourth-order valence-corrected chi connectivity index (χ4v) is 1.98. The summed E-state index contributed by atoms with van der Waals surface area (Å²) in [6, 6.07) is 7.08. The maximum atomic E-state index is 13.0. The van der Waals surface area contributed by atoms with E-state index in [1.807, 2.05) is 0 Å². The number of rotatable bonds is 5. The average molecular weight is 348 g/mol. The van der Waals surface area contributed by atoms with Crippen molar-refractivity contribution in [3.8, 4) is 5.75 Å². The lowest BCUT2D eigenvalue weighted by molar-refractivity contribution is -0.384. The lowest BCUT2D eigenvalue weighted by Crippen LogP contribution is -2.21. The Morgan fingerprint density at radius 2 is 2.04 bits per heavy atom. The summed E-state index contributed by atoms with van der Waals surface area (Å²) in [7, 11) is 0. The van der Waals surface area contributed by atoms with E-state index in [-0.39, 0.29) is 17.0 Å². The third kappa shape index (κ3) is 4.28. The number of para-hydroxylation sites is 1. The van der Waals surface area contributed by atoms with E-state index in [2.05, 4.69) is 5.32 Å². The van der Waals surface area contributed by atoms with Crippen molar-refractivity contribution in [1.82, 2.24) is 0 Å². The first-order chi connectivity index (χ1) is 11.8. The van der Waals surface area contributed by atoms with Crippen LogP contribution in [0, 0.1) is 22.9 Å². The van der Waals surface area contributed by atoms with Crippen molar-refractivity contribution in [1.29, 1.82) is 0 Å². The number of halogens is 1. The van der Waals surface area contributed by atoms with Crippen LogP contribution < -0.4 is 5.32 Å². The van der Waals surface area contributed by atoms with E-state index in [9.17, 15) is 29.2 Å². The molecule has 0 radical (unpaired) electrons. The molecule has 0 fully saturated rings. The molecular weight excluding hydrogens is 335 g/mol. The quantitative estimate of drug-likeness (QED) is 0.487. The normalized spacial score (nSPS) is 10.2. The predicted octanol–water partition coefficient (Wildman–Crippen LogP) is 2.54. The van der Waals surface area contributed by atoms with Crippen LogP contribution in [0.15, 0.2) is 36.4 Å². The van der Waals surface area contributed by atoms with Crippen LogP contribution in [0.4, 0.5) is 15.8 Å². The second kappa shape index (κ2) is 7.39. The van der Waals surface area contributed by atoms with Crippen molar-refractivity contribution in [2.75, 3.05) is 11.9 Å². The van der Waals surface area contributed by atoms with Crippen LogP contribution in [0.3, 0.4) is 0 Å². The summed E-state index contributed by atoms with van der Waals surface area (Å²) >= 11 is 0. The van der Waals surface area contributed by atoms with E-state index in [4.69, 9.17) is 4.74 Å². The first kappa shape index (κ1) is 17.9. The van der Waals surface area contributed by atoms with Crippen LogP contribution in [0.5, 0.6) is 5.75 Å². The van der Waals surface area contributed by atoms with Gasteiger partial charge >= 0.3 is 5.97 Å². The molecule has 0 aromatic heterocycles. The van der Waals surface area contributed by atoms with Crippen molar-refractivity contribution >= 4 is 23.3 Å². The molecule has 0 saturated heterocycles. The maximum absolute atomic E-state index is 13.0. The minimum absolute atomic E-state index is 0.111. The molecule has 0 aliphatic carbocycles. The van der Waals surface area contributed by atoms with Crippen molar-refractivity contribution in [3.05, 3.63) is 63.5 Å². The highest BCUT2D eigenvalue weighted by Crippen LogP contribution is 2.25. The third-order valence-corrected chi connectivity index (χ3v) is 3.22. The summed E-state index contributed by atoms with van der Waals surface area (Å²) in [5, 5.41) is 22.8. The second-order valence-corrected chi connectivity index (χ2v) is 5.01. The van der Waals surface area contributed by atoms with Crippen LogP contribution >= 0.6 is 0 Å². The molecular formula is C16H13FN2O6. The maximum Gasteiger partial charge on any atom is 0.342 e. The molecule has 0 unspecified atom stereocenters. The molecule has 8 nitrogen and oxygen atoms in total. The number of esters is 1. The number of hydrogen-bond donors (Lipinski definition) is 2. The van der Waals surface area contributed by atoms with Crippen molar-refractivity contribution in [2.24, 2.45) is 0 Å². The zero-order valence-corrected chi connectivity index (χ0v) is 13.0. The Labute approximate surface area is 141 Å². The van der Waals surface area contributed by atoms with E-state index in [0.717, 1.165) is 12.1 Å². The molecule has 2 N–H and O–H groups in total. The Bertz CT molecular complexity index is 853. The first-order valence-corrected chi connectivity index (χ1v) is 6.99. The molecule has 130 valence electrons. The zero-order valence-electron chi connectivity index (χ0n) is 13.0. The highest BCUT2D eigenvalue weighted by molar-refractivity contribution is 5.97. The van der Waals surface area contributed by atoms with Gasteiger partial charge in [-0.15, -0.1) is 0 Å². The van der Waals surface area contributed by atoms with Crippen molar-refractivity contribution in [2.45, 2.75) is 6.92 Å². The molecule has 0 atom stereocenters. The number of phenols is 1. The van der Waals surface area contributed by atoms with Crippen LogP contribution in [0.1, 0.15) is 15.9 Å². The third-order valence-electron chi connectivity index (χ3n) is 3.22. The Balaban J connectivity index is 2.03. The summed E-state index contributed by atoms with van der Waals surface area (Å²) in [6.07, 6.45) is 0. The molecule has 0 saturated carbocycles. The SMILES string of the molecule is Cc1cccc(C(=O)OCC(=O)Nc2ccc(F)cc2[N+](=O)[O-])c1O. The number of anilines is 1. The summed E-state index contributed by atoms with van der Waals surface area (Å²) in [6.45, 7) is 0.854. The number of carbonyl (C=O) groups excluding carboxylic acids is 2. The number of aromatic hydroxyl groups is 1. The van der Waals surface area contributed by atoms with E-state index < -0.39 is 34.9 Å². The number of aryl methyl sites for hydroxylation is 1. The number of nitro benzene ring substituents is 1. The van der Waals surface area contributed by atoms with Gasteiger partial charge in [-0.1, -0.05) is 12.1 Å². The minimum Gasteiger partial charge on any atom is -0.507 e. The number of phenolic OH excluding ortho intramolecular Hbond substituents is 1. The van der Waals surface area contributed by atoms with Gasteiger partial charge in [0.1, 0.15) is 22.8 Å². The van der Waals surface area contributed by atoms with Crippen LogP contribution in [0.2, 0.25) is 0 Å². The molecule has 0 aliphatic heterocycles. The van der Waals surface area contributed by atoms with Crippen molar-refractivity contribution < 1.29 is 28.7 Å². The van der Waals surface area contributed by atoms with Gasteiger partial charge in [-0.2, -0.15) is 0 Å². The Morgan fingerprint density at radius 1 is 1.32 bits per heavy atom. The topological polar surface area (TPSA) is 119 Å². The van der Waals surface area contributed by atoms with E-state index >= 15 is 0 Å². The molecule has 2 rings (SSSR count). The van der Waals surface area contributed by atoms with E-state index in [1.165, 1.54) is 12.1 Å². The average Bonchev–Trinajstić information content (AvgIpc) is 2.56. The first-order valence-electron chi connectivity index (χ1n) is 6.99. The molecule has 1 amide bonds. The number of nitrogens with zero attached hydrogens (tertiary/aromatic N) is 1. The Kier molecular flexibility index (Phi) is 5.28. The standard InChI is InChI=1S/C16H13FN2O6/c1-9-3-2-4-11(15(9)21)16(22)25-8-14(20)18-12-6-5-10(17)7-13(12)19(23)24/h2-7,21H,8H2,1H3,(H,18,20). The Morgan fingerprint density at radius 3 is 2.72 bits per heavy atom. The minimum atomic E-state index is -0.926. The lowest BCUT2D eigenvalue weighted by atomic mass is 10.1. The molecule has 0 aliphatic rings. The number of nitrogens with one attached hydrogen (secondary N) is 1. The highest BCUT2D eigenvalue weighted by atomic mass is 19.1. The van der Waals surface area contributed by atoms with Gasteiger partial charge in [0.15, 0.2) is 6.61 Å². The molecule has 2 aromatic rings. The number of benzene rings is 2. The van der Waals surface area contributed by atoms with Gasteiger partial charge in [-0.05, 0) is 30.7 Å². The van der Waals surface area contributed by atoms with Crippen LogP contribution in [-0.4, -0.2) is 28.5 Å². The molecule has 2 aromatic carbocycles. The number of hydrogen-bond acceptors (Lipinski definition) is 6. The fraction of sp³-hybridized carbons (Fsp3) is 0.125. The smallest absolute Gasteiger partial charge is 0.342 e. The monoisotopic (exact) mass is 348 g/mol. The number of amides is 1. The summed E-state index contributed by atoms with van der Waals surface area (Å²) < 4.78 is 17.8. The number of nitro groups is 1. The van der Waals surface area contributed by atoms with Crippen LogP contribution in [0.25, 0.3) is 0 Å². The van der Waals surface area contributed by atoms with Gasteiger partial charge < -0.3 is 15.2 Å². The summed E-state index contributed by atoms with van der Waals surface area (Å²) in [4.78, 5) is 33.7. The van der Waals surface area contributed by atoms with Gasteiger partial charge in [0, 0.05) is 0 Å². The molecule has 0 heterocycles. The van der Waals surface area contributed by atoms with Gasteiger partial charge in [0.05, 0.1) is 11.0 Å². The molecule has 25 heavy (non-hydrogen) atoms. The van der Waals surface area contributed by atoms with Gasteiger partial charge in [0.25, 0.3) is 11.6 Å². The summed E-state index contributed by atoms with van der Waals surface area (Å²) in [5.74, 6) is -2.87. The highest BCUT2D eigenvalue weighted by Gasteiger charge is 2.19. The Hall–Kier alpha value is -3.49. The fourth-order valence-electron chi connectivity index (χ4n) is 1.98. The van der Waals surface area contributed by atoms with Gasteiger partial charge in [0.2, 0.25) is 0 Å². The molecule has 0 spiro atoms. The predicted molar refractivity (Wildman–Crippen MR) is 84.8 cm³/mol. The van der Waals surface area contributed by atoms with Gasteiger partial charge in [-0.3, -0.25) is 14.9 Å². The number of carbonyl (C=O) groups is 2. The van der Waals surface area contributed by atoms with Crippen LogP contribution in [-0.2, 0) is 9.53 Å². The largest absolute Gasteiger partial charge is 0.507 e. The zero-order chi connectivity index (χ0) is 18.6. The van der Waals surface area contributed by atoms with Gasteiger partial charge in [-0.25, -0.2) is 9.18 Å². The number of ether oxygens (including phenoxy) is 1. The molecule has 9 heteroatoms.